The van der Waals surface area contributed by atoms with Crippen LogP contribution in [0.5, 0.6) is 0 Å². The summed E-state index contributed by atoms with van der Waals surface area (Å²) in [6, 6.07) is 1.62. The Morgan fingerprint density at radius 1 is 1.52 bits per heavy atom. The van der Waals surface area contributed by atoms with Crippen LogP contribution in [0, 0.1) is 0 Å². The number of carbonyl (C=O) groups excluding carboxylic acids is 1. The highest BCUT2D eigenvalue weighted by atomic mass is 32.2. The van der Waals surface area contributed by atoms with Gasteiger partial charge in [0.15, 0.2) is 0 Å². The highest BCUT2D eigenvalue weighted by molar-refractivity contribution is 7.89. The van der Waals surface area contributed by atoms with E-state index in [2.05, 4.69) is 0 Å². The van der Waals surface area contributed by atoms with Gasteiger partial charge in [0.2, 0.25) is 10.0 Å². The van der Waals surface area contributed by atoms with Gasteiger partial charge < -0.3 is 14.2 Å². The summed E-state index contributed by atoms with van der Waals surface area (Å²) in [5.41, 5.74) is 0.338. The van der Waals surface area contributed by atoms with Gasteiger partial charge in [-0.25, -0.2) is 13.6 Å². The first kappa shape index (κ1) is 16.0. The topological polar surface area (TPSA) is 94.6 Å². The van der Waals surface area contributed by atoms with E-state index in [0.717, 1.165) is 12.8 Å². The number of hydrogen-bond acceptors (Lipinski definition) is 4. The number of ether oxygens (including phenoxy) is 1. The highest BCUT2D eigenvalue weighted by Gasteiger charge is 2.33. The third-order valence-corrected chi connectivity index (χ3v) is 4.42. The first-order chi connectivity index (χ1) is 9.88. The van der Waals surface area contributed by atoms with Crippen molar-refractivity contribution in [2.24, 2.45) is 5.14 Å². The van der Waals surface area contributed by atoms with Crippen LogP contribution in [0.4, 0.5) is 0 Å². The van der Waals surface area contributed by atoms with E-state index >= 15 is 0 Å². The summed E-state index contributed by atoms with van der Waals surface area (Å²) in [6.07, 6.45) is 3.39. The molecule has 0 radical (unpaired) electrons. The monoisotopic (exact) mass is 315 g/mol. The van der Waals surface area contributed by atoms with Crippen molar-refractivity contribution in [2.75, 3.05) is 20.3 Å². The van der Waals surface area contributed by atoms with Crippen LogP contribution in [0.15, 0.2) is 17.2 Å². The van der Waals surface area contributed by atoms with Gasteiger partial charge in [0.05, 0.1) is 6.61 Å². The zero-order valence-corrected chi connectivity index (χ0v) is 13.1. The number of primary sulfonamides is 1. The first-order valence-corrected chi connectivity index (χ1v) is 8.46. The van der Waals surface area contributed by atoms with Crippen molar-refractivity contribution >= 4 is 15.9 Å². The molecular weight excluding hydrogens is 294 g/mol. The average molecular weight is 315 g/mol. The lowest BCUT2D eigenvalue weighted by molar-refractivity contribution is 0.0739. The molecule has 1 fully saturated rings. The summed E-state index contributed by atoms with van der Waals surface area (Å²) in [6.45, 7) is 3.30. The molecule has 7 nitrogen and oxygen atoms in total. The summed E-state index contributed by atoms with van der Waals surface area (Å²) in [5.74, 6) is -0.161. The van der Waals surface area contributed by atoms with Crippen molar-refractivity contribution in [1.82, 2.24) is 9.47 Å². The van der Waals surface area contributed by atoms with Crippen molar-refractivity contribution < 1.29 is 17.9 Å². The van der Waals surface area contributed by atoms with Crippen molar-refractivity contribution in [3.63, 3.8) is 0 Å². The molecule has 2 rings (SSSR count). The quantitative estimate of drug-likeness (QED) is 0.788. The second-order valence-electron chi connectivity index (χ2n) is 5.11. The molecule has 8 heteroatoms. The second-order valence-corrected chi connectivity index (χ2v) is 6.68. The van der Waals surface area contributed by atoms with Gasteiger partial charge in [0.1, 0.15) is 10.6 Å². The largest absolute Gasteiger partial charge is 0.383 e. The Labute approximate surface area is 124 Å². The molecule has 1 amide bonds. The van der Waals surface area contributed by atoms with Crippen LogP contribution in [-0.4, -0.2) is 50.1 Å². The molecule has 1 saturated carbocycles. The molecular formula is C13H21N3O4S. The molecule has 0 aliphatic heterocycles. The molecule has 0 spiro atoms. The summed E-state index contributed by atoms with van der Waals surface area (Å²) < 4.78 is 29.6. The number of carbonyl (C=O) groups is 1. The molecule has 118 valence electrons. The molecule has 0 saturated heterocycles. The Kier molecular flexibility index (Phi) is 4.70. The second kappa shape index (κ2) is 6.17. The Morgan fingerprint density at radius 2 is 2.19 bits per heavy atom. The fraction of sp³-hybridized carbons (Fsp3) is 0.615. The SMILES string of the molecule is CCN(C(=O)c1cc(S(N)(=O)=O)cn1CCOC)C1CC1. The predicted octanol–water partition coefficient (Wildman–Crippen LogP) is 0.406. The van der Waals surface area contributed by atoms with Crippen LogP contribution in [-0.2, 0) is 21.3 Å². The van der Waals surface area contributed by atoms with E-state index in [0.29, 0.717) is 25.4 Å². The molecule has 0 aromatic carbocycles. The lowest BCUT2D eigenvalue weighted by Gasteiger charge is -2.21. The molecule has 1 heterocycles. The van der Waals surface area contributed by atoms with Crippen LogP contribution in [0.25, 0.3) is 0 Å². The van der Waals surface area contributed by atoms with Gasteiger partial charge in [0, 0.05) is 32.4 Å². The number of rotatable bonds is 7. The number of aromatic nitrogens is 1. The molecule has 0 unspecified atom stereocenters. The third-order valence-electron chi connectivity index (χ3n) is 3.54. The van der Waals surface area contributed by atoms with Gasteiger partial charge in [0.25, 0.3) is 5.91 Å². The number of methoxy groups -OCH3 is 1. The minimum atomic E-state index is -3.83. The van der Waals surface area contributed by atoms with E-state index in [9.17, 15) is 13.2 Å². The van der Waals surface area contributed by atoms with Crippen LogP contribution in [0.2, 0.25) is 0 Å². The van der Waals surface area contributed by atoms with E-state index in [1.165, 1.54) is 12.3 Å². The summed E-state index contributed by atoms with van der Waals surface area (Å²) in [5, 5.41) is 5.15. The van der Waals surface area contributed by atoms with Crippen LogP contribution in [0.1, 0.15) is 30.3 Å². The molecule has 1 aliphatic rings. The normalized spacial score (nSPS) is 15.2. The van der Waals surface area contributed by atoms with E-state index < -0.39 is 10.0 Å². The molecule has 2 N–H and O–H groups in total. The van der Waals surface area contributed by atoms with Crippen molar-refractivity contribution in [2.45, 2.75) is 37.2 Å². The van der Waals surface area contributed by atoms with Gasteiger partial charge in [-0.3, -0.25) is 4.79 Å². The molecule has 0 bridgehead atoms. The fourth-order valence-corrected chi connectivity index (χ4v) is 2.84. The van der Waals surface area contributed by atoms with Gasteiger partial charge >= 0.3 is 0 Å². The Hall–Kier alpha value is -1.38. The molecule has 1 aliphatic carbocycles. The summed E-state index contributed by atoms with van der Waals surface area (Å²) in [4.78, 5) is 14.3. The smallest absolute Gasteiger partial charge is 0.270 e. The van der Waals surface area contributed by atoms with Gasteiger partial charge in [-0.1, -0.05) is 0 Å². The maximum atomic E-state index is 12.6. The van der Waals surface area contributed by atoms with Crippen molar-refractivity contribution in [3.05, 3.63) is 18.0 Å². The Morgan fingerprint density at radius 3 is 2.67 bits per heavy atom. The number of nitrogens with two attached hydrogens (primary N) is 1. The minimum absolute atomic E-state index is 0.0474. The minimum Gasteiger partial charge on any atom is -0.383 e. The maximum Gasteiger partial charge on any atom is 0.270 e. The van der Waals surface area contributed by atoms with Crippen LogP contribution in [0.3, 0.4) is 0 Å². The van der Waals surface area contributed by atoms with E-state index in [1.54, 1.807) is 16.6 Å². The van der Waals surface area contributed by atoms with E-state index in [4.69, 9.17) is 9.88 Å². The van der Waals surface area contributed by atoms with Gasteiger partial charge in [-0.2, -0.15) is 0 Å². The standard InChI is InChI=1S/C13H21N3O4S/c1-3-16(10-4-5-10)13(17)12-8-11(21(14,18)19)9-15(12)6-7-20-2/h8-10H,3-7H2,1-2H3,(H2,14,18,19). The van der Waals surface area contributed by atoms with Crippen LogP contribution < -0.4 is 5.14 Å². The Balaban J connectivity index is 2.35. The number of sulfonamides is 1. The lowest BCUT2D eigenvalue weighted by atomic mass is 10.3. The number of hydrogen-bond donors (Lipinski definition) is 1. The fourth-order valence-electron chi connectivity index (χ4n) is 2.29. The van der Waals surface area contributed by atoms with Crippen molar-refractivity contribution in [1.29, 1.82) is 0 Å². The molecule has 0 atom stereocenters. The van der Waals surface area contributed by atoms with Gasteiger partial charge in [-0.15, -0.1) is 0 Å². The lowest BCUT2D eigenvalue weighted by Crippen LogP contribution is -2.34. The Bertz CT molecular complexity index is 619. The van der Waals surface area contributed by atoms with Gasteiger partial charge in [-0.05, 0) is 25.8 Å². The maximum absolute atomic E-state index is 12.6. The first-order valence-electron chi connectivity index (χ1n) is 6.91. The van der Waals surface area contributed by atoms with Crippen molar-refractivity contribution in [3.8, 4) is 0 Å². The summed E-state index contributed by atoms with van der Waals surface area (Å²) >= 11 is 0. The van der Waals surface area contributed by atoms with E-state index in [1.807, 2.05) is 6.92 Å². The zero-order valence-electron chi connectivity index (χ0n) is 12.3. The number of amides is 1. The highest BCUT2D eigenvalue weighted by Crippen LogP contribution is 2.28. The zero-order chi connectivity index (χ0) is 15.6. The molecule has 1 aromatic rings. The summed E-state index contributed by atoms with van der Waals surface area (Å²) in [7, 11) is -2.28. The van der Waals surface area contributed by atoms with Crippen LogP contribution >= 0.6 is 0 Å². The van der Waals surface area contributed by atoms with E-state index in [-0.39, 0.29) is 16.8 Å². The third kappa shape index (κ3) is 3.63. The predicted molar refractivity (Wildman–Crippen MR) is 77.4 cm³/mol. The molecule has 1 aromatic heterocycles. The number of nitrogens with zero attached hydrogens (tertiary/aromatic N) is 2. The molecule has 21 heavy (non-hydrogen) atoms. The average Bonchev–Trinajstić information content (AvgIpc) is 3.14.